The molecule has 2 heterocycles. The van der Waals surface area contributed by atoms with Crippen LogP contribution in [0.5, 0.6) is 0 Å². The lowest BCUT2D eigenvalue weighted by molar-refractivity contribution is -0.118. The van der Waals surface area contributed by atoms with E-state index in [9.17, 15) is 4.79 Å². The van der Waals surface area contributed by atoms with Gasteiger partial charge < -0.3 is 10.2 Å². The number of anilines is 2. The minimum Gasteiger partial charge on any atom is -0.357 e. The van der Waals surface area contributed by atoms with Crippen molar-refractivity contribution in [2.75, 3.05) is 10.2 Å². The molecule has 1 amide bonds. The first-order chi connectivity index (χ1) is 11.6. The predicted molar refractivity (Wildman–Crippen MR) is 99.0 cm³/mol. The van der Waals surface area contributed by atoms with E-state index in [1.54, 1.807) is 0 Å². The van der Waals surface area contributed by atoms with E-state index in [-0.39, 0.29) is 17.2 Å². The van der Waals surface area contributed by atoms with E-state index in [4.69, 9.17) is 0 Å². The number of thioether (sulfide) groups is 1. The molecule has 1 N–H and O–H groups in total. The van der Waals surface area contributed by atoms with Gasteiger partial charge >= 0.3 is 0 Å². The minimum atomic E-state index is -0.180. The summed E-state index contributed by atoms with van der Waals surface area (Å²) < 4.78 is 0.846. The molecule has 1 aromatic carbocycles. The molecule has 0 bridgehead atoms. The van der Waals surface area contributed by atoms with Crippen LogP contribution < -0.4 is 10.2 Å². The molecule has 0 spiro atoms. The number of benzene rings is 1. The summed E-state index contributed by atoms with van der Waals surface area (Å²) in [5.41, 5.74) is 2.30. The number of carbonyl (C=O) groups excluding carboxylic acids is 1. The summed E-state index contributed by atoms with van der Waals surface area (Å²) in [7, 11) is 0. The Labute approximate surface area is 149 Å². The third kappa shape index (κ3) is 3.15. The third-order valence-corrected chi connectivity index (χ3v) is 6.41. The van der Waals surface area contributed by atoms with Crippen LogP contribution in [-0.2, 0) is 11.2 Å². The highest BCUT2D eigenvalue weighted by Crippen LogP contribution is 2.36. The third-order valence-electron chi connectivity index (χ3n) is 4.38. The Balaban J connectivity index is 1.45. The number of hydrogen-bond donors (Lipinski definition) is 1. The first-order valence-electron chi connectivity index (χ1n) is 8.29. The molecule has 5 nitrogen and oxygen atoms in total. The van der Waals surface area contributed by atoms with Gasteiger partial charge in [0.15, 0.2) is 4.34 Å². The van der Waals surface area contributed by atoms with Gasteiger partial charge in [0.25, 0.3) is 0 Å². The van der Waals surface area contributed by atoms with Crippen LogP contribution in [0, 0.1) is 0 Å². The Morgan fingerprint density at radius 2 is 2.17 bits per heavy atom. The van der Waals surface area contributed by atoms with E-state index in [1.807, 2.05) is 30.0 Å². The van der Waals surface area contributed by atoms with Gasteiger partial charge in [-0.2, -0.15) is 0 Å². The van der Waals surface area contributed by atoms with Gasteiger partial charge in [-0.25, -0.2) is 0 Å². The Bertz CT molecular complexity index is 759. The highest BCUT2D eigenvalue weighted by atomic mass is 32.2. The molecule has 0 saturated heterocycles. The van der Waals surface area contributed by atoms with Crippen LogP contribution in [0.25, 0.3) is 0 Å². The minimum absolute atomic E-state index is 0.143. The molecule has 1 saturated carbocycles. The number of aromatic nitrogens is 2. The molecule has 2 atom stereocenters. The standard InChI is InChI=1S/C17H20N4OS2/c1-10-9-12-5-3-4-6-14(12)21(10)15(22)11(2)23-17-20-19-16(24-17)18-13-7-8-13/h3-6,10-11,13H,7-9H2,1-2H3,(H,18,19)/t10-,11+/m0/s1. The lowest BCUT2D eigenvalue weighted by atomic mass is 10.1. The number of para-hydroxylation sites is 1. The number of fused-ring (bicyclic) bond motifs is 1. The maximum atomic E-state index is 13.0. The van der Waals surface area contributed by atoms with E-state index in [0.29, 0.717) is 6.04 Å². The van der Waals surface area contributed by atoms with Gasteiger partial charge in [0.05, 0.1) is 5.25 Å². The predicted octanol–water partition coefficient (Wildman–Crippen LogP) is 3.57. The zero-order chi connectivity index (χ0) is 16.7. The van der Waals surface area contributed by atoms with Crippen molar-refractivity contribution in [1.82, 2.24) is 10.2 Å². The van der Waals surface area contributed by atoms with Crippen molar-refractivity contribution in [2.45, 2.75) is 54.8 Å². The average molecular weight is 361 g/mol. The Morgan fingerprint density at radius 1 is 1.38 bits per heavy atom. The van der Waals surface area contributed by atoms with Crippen molar-refractivity contribution in [3.05, 3.63) is 29.8 Å². The molecule has 0 radical (unpaired) electrons. The molecule has 24 heavy (non-hydrogen) atoms. The zero-order valence-corrected chi connectivity index (χ0v) is 15.4. The van der Waals surface area contributed by atoms with E-state index in [2.05, 4.69) is 28.5 Å². The highest BCUT2D eigenvalue weighted by Gasteiger charge is 2.33. The van der Waals surface area contributed by atoms with Crippen molar-refractivity contribution >= 4 is 39.8 Å². The fraction of sp³-hybridized carbons (Fsp3) is 0.471. The van der Waals surface area contributed by atoms with Crippen molar-refractivity contribution in [3.8, 4) is 0 Å². The summed E-state index contributed by atoms with van der Waals surface area (Å²) in [6, 6.07) is 8.95. The zero-order valence-electron chi connectivity index (χ0n) is 13.7. The van der Waals surface area contributed by atoms with Crippen LogP contribution in [0.15, 0.2) is 28.6 Å². The SMILES string of the molecule is C[C@@H](Sc1nnc(NC2CC2)s1)C(=O)N1c2ccccc2C[C@@H]1C. The van der Waals surface area contributed by atoms with Crippen LogP contribution in [0.2, 0.25) is 0 Å². The summed E-state index contributed by atoms with van der Waals surface area (Å²) >= 11 is 3.03. The number of amides is 1. The topological polar surface area (TPSA) is 58.1 Å². The van der Waals surface area contributed by atoms with E-state index in [1.165, 1.54) is 41.5 Å². The largest absolute Gasteiger partial charge is 0.357 e. The van der Waals surface area contributed by atoms with Crippen LogP contribution in [0.1, 0.15) is 32.3 Å². The molecule has 7 heteroatoms. The molecular weight excluding hydrogens is 340 g/mol. The van der Waals surface area contributed by atoms with Crippen LogP contribution >= 0.6 is 23.1 Å². The Kier molecular flexibility index (Phi) is 4.22. The lowest BCUT2D eigenvalue weighted by Crippen LogP contribution is -2.40. The van der Waals surface area contributed by atoms with Gasteiger partial charge in [-0.15, -0.1) is 10.2 Å². The van der Waals surface area contributed by atoms with Crippen molar-refractivity contribution in [3.63, 3.8) is 0 Å². The summed E-state index contributed by atoms with van der Waals surface area (Å²) in [6.45, 7) is 4.06. The quantitative estimate of drug-likeness (QED) is 0.826. The molecular formula is C17H20N4OS2. The smallest absolute Gasteiger partial charge is 0.240 e. The molecule has 126 valence electrons. The average Bonchev–Trinajstić information content (AvgIpc) is 3.16. The van der Waals surface area contributed by atoms with E-state index < -0.39 is 0 Å². The van der Waals surface area contributed by atoms with Crippen molar-refractivity contribution in [1.29, 1.82) is 0 Å². The fourth-order valence-electron chi connectivity index (χ4n) is 3.02. The highest BCUT2D eigenvalue weighted by molar-refractivity contribution is 8.02. The Morgan fingerprint density at radius 3 is 2.96 bits per heavy atom. The second-order valence-corrected chi connectivity index (χ2v) is 9.01. The monoisotopic (exact) mass is 360 g/mol. The summed E-state index contributed by atoms with van der Waals surface area (Å²) in [4.78, 5) is 14.9. The van der Waals surface area contributed by atoms with Crippen molar-refractivity contribution < 1.29 is 4.79 Å². The van der Waals surface area contributed by atoms with Gasteiger partial charge in [0, 0.05) is 17.8 Å². The molecule has 4 rings (SSSR count). The number of hydrogen-bond acceptors (Lipinski definition) is 6. The molecule has 1 fully saturated rings. The fourth-order valence-corrected chi connectivity index (χ4v) is 5.04. The van der Waals surface area contributed by atoms with Crippen LogP contribution in [0.4, 0.5) is 10.8 Å². The summed E-state index contributed by atoms with van der Waals surface area (Å²) in [5.74, 6) is 0.143. The Hall–Kier alpha value is -1.60. The van der Waals surface area contributed by atoms with Crippen LogP contribution in [0.3, 0.4) is 0 Å². The van der Waals surface area contributed by atoms with Gasteiger partial charge in [-0.3, -0.25) is 4.79 Å². The maximum absolute atomic E-state index is 13.0. The first-order valence-corrected chi connectivity index (χ1v) is 9.99. The molecule has 1 aliphatic carbocycles. The summed E-state index contributed by atoms with van der Waals surface area (Å²) in [5, 5.41) is 12.4. The second kappa shape index (κ2) is 6.37. The molecule has 1 aromatic heterocycles. The number of nitrogens with zero attached hydrogens (tertiary/aromatic N) is 3. The molecule has 2 aromatic rings. The molecule has 2 aliphatic rings. The van der Waals surface area contributed by atoms with Gasteiger partial charge in [-0.1, -0.05) is 41.3 Å². The number of nitrogens with one attached hydrogen (secondary N) is 1. The van der Waals surface area contributed by atoms with Crippen molar-refractivity contribution in [2.24, 2.45) is 0 Å². The summed E-state index contributed by atoms with van der Waals surface area (Å²) in [6.07, 6.45) is 3.35. The first kappa shape index (κ1) is 15.9. The normalized spacial score (nSPS) is 20.8. The van der Waals surface area contributed by atoms with Gasteiger partial charge in [-0.05, 0) is 44.7 Å². The van der Waals surface area contributed by atoms with Gasteiger partial charge in [0.2, 0.25) is 11.0 Å². The number of carbonyl (C=O) groups is 1. The van der Waals surface area contributed by atoms with Crippen LogP contribution in [-0.4, -0.2) is 33.4 Å². The molecule has 1 aliphatic heterocycles. The van der Waals surface area contributed by atoms with E-state index >= 15 is 0 Å². The van der Waals surface area contributed by atoms with Gasteiger partial charge in [0.1, 0.15) is 0 Å². The second-order valence-electron chi connectivity index (χ2n) is 6.44. The number of rotatable bonds is 5. The molecule has 0 unspecified atom stereocenters. The lowest BCUT2D eigenvalue weighted by Gasteiger charge is -2.25. The van der Waals surface area contributed by atoms with E-state index in [0.717, 1.165) is 21.6 Å². The maximum Gasteiger partial charge on any atom is 0.240 e.